The van der Waals surface area contributed by atoms with E-state index in [1.165, 1.54) is 17.5 Å². The molecular formula is C13H17NO3. The van der Waals surface area contributed by atoms with Crippen molar-refractivity contribution in [1.82, 2.24) is 5.48 Å². The van der Waals surface area contributed by atoms with E-state index in [2.05, 4.69) is 5.48 Å². The van der Waals surface area contributed by atoms with Gasteiger partial charge in [-0.15, -0.1) is 0 Å². The van der Waals surface area contributed by atoms with Gasteiger partial charge in [-0.1, -0.05) is 6.07 Å². The predicted octanol–water partition coefficient (Wildman–Crippen LogP) is 1.48. The minimum Gasteiger partial charge on any atom is -0.382 e. The van der Waals surface area contributed by atoms with Crippen LogP contribution >= 0.6 is 0 Å². The lowest BCUT2D eigenvalue weighted by Crippen LogP contribution is -2.25. The maximum atomic E-state index is 11.7. The van der Waals surface area contributed by atoms with Gasteiger partial charge < -0.3 is 4.74 Å². The Hall–Kier alpha value is -1.39. The molecule has 0 fully saturated rings. The van der Waals surface area contributed by atoms with Gasteiger partial charge in [0.15, 0.2) is 0 Å². The van der Waals surface area contributed by atoms with Crippen LogP contribution in [0.15, 0.2) is 18.2 Å². The van der Waals surface area contributed by atoms with E-state index in [1.807, 2.05) is 18.2 Å². The molecular weight excluding hydrogens is 218 g/mol. The van der Waals surface area contributed by atoms with Gasteiger partial charge in [-0.05, 0) is 42.5 Å². The molecule has 2 rings (SSSR count). The summed E-state index contributed by atoms with van der Waals surface area (Å²) in [5.74, 6) is -0.198. The minimum atomic E-state index is -0.198. The number of carbonyl (C=O) groups excluding carboxylic acids is 1. The van der Waals surface area contributed by atoms with Crippen molar-refractivity contribution >= 4 is 5.91 Å². The number of benzene rings is 1. The van der Waals surface area contributed by atoms with Crippen LogP contribution in [-0.4, -0.2) is 26.2 Å². The number of carbonyl (C=O) groups is 1. The second kappa shape index (κ2) is 5.80. The van der Waals surface area contributed by atoms with Gasteiger partial charge in [0.25, 0.3) is 5.91 Å². The van der Waals surface area contributed by atoms with Crippen LogP contribution in [0.5, 0.6) is 0 Å². The molecule has 0 bridgehead atoms. The molecule has 0 radical (unpaired) electrons. The summed E-state index contributed by atoms with van der Waals surface area (Å²) in [5.41, 5.74) is 5.71. The third-order valence-electron chi connectivity index (χ3n) is 2.92. The molecule has 0 unspecified atom stereocenters. The fourth-order valence-corrected chi connectivity index (χ4v) is 2.01. The van der Waals surface area contributed by atoms with Crippen molar-refractivity contribution < 1.29 is 14.4 Å². The molecule has 1 aromatic rings. The number of fused-ring (bicyclic) bond motifs is 1. The van der Waals surface area contributed by atoms with Gasteiger partial charge in [-0.3, -0.25) is 9.63 Å². The number of hydrogen-bond acceptors (Lipinski definition) is 3. The largest absolute Gasteiger partial charge is 0.382 e. The maximum Gasteiger partial charge on any atom is 0.274 e. The summed E-state index contributed by atoms with van der Waals surface area (Å²) in [6, 6.07) is 5.84. The first-order valence-electron chi connectivity index (χ1n) is 5.84. The van der Waals surface area contributed by atoms with Crippen molar-refractivity contribution in [2.75, 3.05) is 20.3 Å². The standard InChI is InChI=1S/C13H17NO3/c1-16-7-8-17-14-13(15)12-6-5-10-3-2-4-11(10)9-12/h5-6,9H,2-4,7-8H2,1H3,(H,14,15). The fourth-order valence-electron chi connectivity index (χ4n) is 2.01. The molecule has 0 saturated carbocycles. The molecule has 1 amide bonds. The Labute approximate surface area is 101 Å². The lowest BCUT2D eigenvalue weighted by molar-refractivity contribution is 0.00888. The highest BCUT2D eigenvalue weighted by molar-refractivity contribution is 5.93. The van der Waals surface area contributed by atoms with Crippen LogP contribution in [0.2, 0.25) is 0 Å². The highest BCUT2D eigenvalue weighted by atomic mass is 16.7. The Bertz CT molecular complexity index is 404. The summed E-state index contributed by atoms with van der Waals surface area (Å²) in [6.45, 7) is 0.817. The molecule has 0 heterocycles. The third-order valence-corrected chi connectivity index (χ3v) is 2.92. The molecule has 0 aliphatic heterocycles. The average Bonchev–Trinajstić information content (AvgIpc) is 2.81. The van der Waals surface area contributed by atoms with Crippen LogP contribution in [0.3, 0.4) is 0 Å². The third kappa shape index (κ3) is 3.05. The first kappa shape index (κ1) is 12.1. The Morgan fingerprint density at radius 2 is 2.12 bits per heavy atom. The van der Waals surface area contributed by atoms with Crippen molar-refractivity contribution in [3.63, 3.8) is 0 Å². The van der Waals surface area contributed by atoms with Gasteiger partial charge in [0.1, 0.15) is 0 Å². The summed E-state index contributed by atoms with van der Waals surface area (Å²) in [6.07, 6.45) is 3.38. The number of hydroxylamine groups is 1. The number of nitrogens with one attached hydrogen (secondary N) is 1. The van der Waals surface area contributed by atoms with Crippen LogP contribution in [0.1, 0.15) is 27.9 Å². The quantitative estimate of drug-likeness (QED) is 0.621. The number of aryl methyl sites for hydroxylation is 2. The van der Waals surface area contributed by atoms with Gasteiger partial charge in [0.05, 0.1) is 13.2 Å². The SMILES string of the molecule is COCCONC(=O)c1ccc2c(c1)CCC2. The summed E-state index contributed by atoms with van der Waals surface area (Å²) >= 11 is 0. The van der Waals surface area contributed by atoms with Crippen molar-refractivity contribution in [3.05, 3.63) is 34.9 Å². The molecule has 1 N–H and O–H groups in total. The Balaban J connectivity index is 1.91. The molecule has 4 heteroatoms. The smallest absolute Gasteiger partial charge is 0.274 e. The highest BCUT2D eigenvalue weighted by Crippen LogP contribution is 2.22. The minimum absolute atomic E-state index is 0.198. The summed E-state index contributed by atoms with van der Waals surface area (Å²) in [4.78, 5) is 16.7. The lowest BCUT2D eigenvalue weighted by Gasteiger charge is -2.07. The fraction of sp³-hybridized carbons (Fsp3) is 0.462. The van der Waals surface area contributed by atoms with Crippen LogP contribution in [-0.2, 0) is 22.4 Å². The van der Waals surface area contributed by atoms with Gasteiger partial charge in [0.2, 0.25) is 0 Å². The van der Waals surface area contributed by atoms with Crippen LogP contribution in [0.25, 0.3) is 0 Å². The monoisotopic (exact) mass is 235 g/mol. The summed E-state index contributed by atoms with van der Waals surface area (Å²) < 4.78 is 4.81. The summed E-state index contributed by atoms with van der Waals surface area (Å²) in [5, 5.41) is 0. The number of methoxy groups -OCH3 is 1. The lowest BCUT2D eigenvalue weighted by atomic mass is 10.1. The van der Waals surface area contributed by atoms with Crippen molar-refractivity contribution in [1.29, 1.82) is 0 Å². The van der Waals surface area contributed by atoms with Gasteiger partial charge >= 0.3 is 0 Å². The molecule has 4 nitrogen and oxygen atoms in total. The number of hydrogen-bond donors (Lipinski definition) is 1. The number of amides is 1. The van der Waals surface area contributed by atoms with E-state index in [-0.39, 0.29) is 5.91 Å². The van der Waals surface area contributed by atoms with Crippen molar-refractivity contribution in [3.8, 4) is 0 Å². The molecule has 0 aromatic heterocycles. The summed E-state index contributed by atoms with van der Waals surface area (Å²) in [7, 11) is 1.59. The normalized spacial score (nSPS) is 13.5. The molecule has 17 heavy (non-hydrogen) atoms. The molecule has 0 atom stereocenters. The van der Waals surface area contributed by atoms with Crippen LogP contribution < -0.4 is 5.48 Å². The van der Waals surface area contributed by atoms with Gasteiger partial charge in [-0.2, -0.15) is 0 Å². The van der Waals surface area contributed by atoms with Crippen LogP contribution in [0.4, 0.5) is 0 Å². The van der Waals surface area contributed by atoms with Gasteiger partial charge in [-0.25, -0.2) is 5.48 Å². The number of ether oxygens (including phenoxy) is 1. The van der Waals surface area contributed by atoms with E-state index in [0.29, 0.717) is 18.8 Å². The molecule has 1 aliphatic carbocycles. The van der Waals surface area contributed by atoms with Crippen molar-refractivity contribution in [2.24, 2.45) is 0 Å². The van der Waals surface area contributed by atoms with E-state index < -0.39 is 0 Å². The highest BCUT2D eigenvalue weighted by Gasteiger charge is 2.13. The second-order valence-corrected chi connectivity index (χ2v) is 4.11. The second-order valence-electron chi connectivity index (χ2n) is 4.11. The van der Waals surface area contributed by atoms with E-state index in [0.717, 1.165) is 12.8 Å². The van der Waals surface area contributed by atoms with Gasteiger partial charge in [0, 0.05) is 12.7 Å². The van der Waals surface area contributed by atoms with E-state index in [1.54, 1.807) is 7.11 Å². The topological polar surface area (TPSA) is 47.6 Å². The first-order valence-corrected chi connectivity index (χ1v) is 5.84. The molecule has 0 saturated heterocycles. The molecule has 92 valence electrons. The Kier molecular flexibility index (Phi) is 4.12. The predicted molar refractivity (Wildman–Crippen MR) is 63.8 cm³/mol. The Morgan fingerprint density at radius 1 is 1.29 bits per heavy atom. The zero-order valence-corrected chi connectivity index (χ0v) is 9.99. The number of rotatable bonds is 5. The molecule has 0 spiro atoms. The first-order chi connectivity index (χ1) is 8.31. The van der Waals surface area contributed by atoms with Crippen molar-refractivity contribution in [2.45, 2.75) is 19.3 Å². The van der Waals surface area contributed by atoms with E-state index in [9.17, 15) is 4.79 Å². The molecule has 1 aromatic carbocycles. The molecule has 1 aliphatic rings. The Morgan fingerprint density at radius 3 is 2.94 bits per heavy atom. The zero-order chi connectivity index (χ0) is 12.1. The average molecular weight is 235 g/mol. The maximum absolute atomic E-state index is 11.7. The van der Waals surface area contributed by atoms with E-state index >= 15 is 0 Å². The van der Waals surface area contributed by atoms with Crippen LogP contribution in [0, 0.1) is 0 Å². The zero-order valence-electron chi connectivity index (χ0n) is 9.99. The van der Waals surface area contributed by atoms with E-state index in [4.69, 9.17) is 9.57 Å².